The lowest BCUT2D eigenvalue weighted by Gasteiger charge is -2.27. The van der Waals surface area contributed by atoms with E-state index in [1.807, 2.05) is 0 Å². The highest BCUT2D eigenvalue weighted by atomic mass is 16.3. The van der Waals surface area contributed by atoms with Gasteiger partial charge in [-0.25, -0.2) is 0 Å². The normalized spacial score (nSPS) is 24.5. The minimum absolute atomic E-state index is 0.0195. The largest absolute Gasteiger partial charge is 0.396 e. The molecule has 1 fully saturated rings. The van der Waals surface area contributed by atoms with Gasteiger partial charge >= 0.3 is 0 Å². The molecule has 0 aliphatic carbocycles. The second-order valence-corrected chi connectivity index (χ2v) is 6.33. The van der Waals surface area contributed by atoms with Gasteiger partial charge in [-0.3, -0.25) is 9.59 Å². The third kappa shape index (κ3) is 2.61. The Labute approximate surface area is 140 Å². The molecule has 0 aromatic heterocycles. The highest BCUT2D eigenvalue weighted by Crippen LogP contribution is 2.43. The van der Waals surface area contributed by atoms with Crippen molar-refractivity contribution in [1.29, 1.82) is 0 Å². The van der Waals surface area contributed by atoms with Crippen LogP contribution in [0.25, 0.3) is 0 Å². The summed E-state index contributed by atoms with van der Waals surface area (Å²) in [5, 5.41) is 22.7. The molecule has 6 heteroatoms. The molecular weight excluding hydrogens is 308 g/mol. The second kappa shape index (κ2) is 6.37. The topological polar surface area (TPSA) is 89.9 Å². The van der Waals surface area contributed by atoms with Gasteiger partial charge in [0.05, 0.1) is 0 Å². The summed E-state index contributed by atoms with van der Waals surface area (Å²) in [4.78, 5) is 26.0. The molecule has 0 radical (unpaired) electrons. The fraction of sp³-hybridized carbons (Fsp3) is 0.444. The first-order valence-corrected chi connectivity index (χ1v) is 8.24. The lowest BCUT2D eigenvalue weighted by atomic mass is 9.82. The van der Waals surface area contributed by atoms with Crippen LogP contribution in [-0.4, -0.2) is 35.2 Å². The Kier molecular flexibility index (Phi) is 4.43. The summed E-state index contributed by atoms with van der Waals surface area (Å²) in [5.41, 5.74) is 0.0870. The van der Waals surface area contributed by atoms with Gasteiger partial charge in [-0.15, -0.1) is 0 Å². The fourth-order valence-corrected chi connectivity index (χ4v) is 3.35. The van der Waals surface area contributed by atoms with E-state index in [0.717, 1.165) is 6.42 Å². The van der Waals surface area contributed by atoms with E-state index in [9.17, 15) is 14.7 Å². The Balaban J connectivity index is 1.97. The molecule has 2 heterocycles. The number of amides is 2. The number of hydrogen-bond donors (Lipinski definition) is 3. The zero-order chi connectivity index (χ0) is 17.3. The first-order chi connectivity index (χ1) is 11.5. The monoisotopic (exact) mass is 330 g/mol. The lowest BCUT2D eigenvalue weighted by Crippen LogP contribution is -2.39. The quantitative estimate of drug-likeness (QED) is 0.714. The number of carbonyl (C=O) groups excluding carboxylic acids is 2. The van der Waals surface area contributed by atoms with Crippen molar-refractivity contribution in [2.45, 2.75) is 31.8 Å². The molecule has 0 spiro atoms. The van der Waals surface area contributed by atoms with Crippen molar-refractivity contribution in [3.05, 3.63) is 35.9 Å². The molecule has 3 rings (SSSR count). The molecule has 1 saturated heterocycles. The number of aliphatic hydroxyl groups is 2. The van der Waals surface area contributed by atoms with Gasteiger partial charge in [-0.1, -0.05) is 19.1 Å². The Morgan fingerprint density at radius 3 is 2.88 bits per heavy atom. The molecule has 0 saturated carbocycles. The zero-order valence-electron chi connectivity index (χ0n) is 13.7. The molecular formula is C18H22N2O4. The van der Waals surface area contributed by atoms with Crippen LogP contribution in [0.3, 0.4) is 0 Å². The number of aliphatic hydroxyl groups excluding tert-OH is 1. The first-order valence-electron chi connectivity index (χ1n) is 8.24. The van der Waals surface area contributed by atoms with E-state index in [-0.39, 0.29) is 12.5 Å². The van der Waals surface area contributed by atoms with Crippen LogP contribution < -0.4 is 10.2 Å². The number of fused-ring (bicyclic) bond motifs is 1. The van der Waals surface area contributed by atoms with Crippen LogP contribution in [0, 0.1) is 5.92 Å². The summed E-state index contributed by atoms with van der Waals surface area (Å²) < 4.78 is 0. The van der Waals surface area contributed by atoms with Crippen LogP contribution in [0.2, 0.25) is 0 Å². The maximum atomic E-state index is 12.4. The summed E-state index contributed by atoms with van der Waals surface area (Å²) in [5.74, 6) is -0.870. The molecule has 3 N–H and O–H groups in total. The zero-order valence-corrected chi connectivity index (χ0v) is 13.7. The number of hydrogen-bond acceptors (Lipinski definition) is 4. The average Bonchev–Trinajstić information content (AvgIpc) is 3.10. The minimum Gasteiger partial charge on any atom is -0.396 e. The van der Waals surface area contributed by atoms with Gasteiger partial charge in [0, 0.05) is 42.4 Å². The maximum Gasteiger partial charge on any atom is 0.261 e. The number of nitrogens with one attached hydrogen (secondary N) is 1. The van der Waals surface area contributed by atoms with Crippen LogP contribution in [0.5, 0.6) is 0 Å². The van der Waals surface area contributed by atoms with Gasteiger partial charge in [-0.05, 0) is 31.0 Å². The van der Waals surface area contributed by atoms with E-state index in [1.54, 1.807) is 42.2 Å². The third-order valence-corrected chi connectivity index (χ3v) is 4.77. The molecule has 24 heavy (non-hydrogen) atoms. The number of benzene rings is 1. The van der Waals surface area contributed by atoms with Crippen molar-refractivity contribution in [2.24, 2.45) is 5.92 Å². The van der Waals surface area contributed by atoms with Crippen molar-refractivity contribution in [3.8, 4) is 0 Å². The molecule has 1 aromatic rings. The van der Waals surface area contributed by atoms with E-state index in [1.165, 1.54) is 0 Å². The van der Waals surface area contributed by atoms with Crippen molar-refractivity contribution in [3.63, 3.8) is 0 Å². The lowest BCUT2D eigenvalue weighted by molar-refractivity contribution is -0.137. The number of carbonyl (C=O) groups is 2. The molecule has 1 aromatic carbocycles. The summed E-state index contributed by atoms with van der Waals surface area (Å²) >= 11 is 0. The van der Waals surface area contributed by atoms with Gasteiger partial charge in [0.25, 0.3) is 5.91 Å². The summed E-state index contributed by atoms with van der Waals surface area (Å²) in [6, 6.07) is 5.25. The van der Waals surface area contributed by atoms with Crippen LogP contribution in [-0.2, 0) is 15.2 Å². The number of anilines is 2. The maximum absolute atomic E-state index is 12.4. The summed E-state index contributed by atoms with van der Waals surface area (Å²) in [6.45, 7) is 2.44. The van der Waals surface area contributed by atoms with Gasteiger partial charge in [0.2, 0.25) is 5.91 Å². The molecule has 128 valence electrons. The molecule has 0 bridgehead atoms. The highest BCUT2D eigenvalue weighted by Gasteiger charge is 2.48. The number of rotatable bonds is 5. The van der Waals surface area contributed by atoms with E-state index in [0.29, 0.717) is 36.3 Å². The van der Waals surface area contributed by atoms with Gasteiger partial charge in [0.15, 0.2) is 5.60 Å². The Morgan fingerprint density at radius 2 is 2.21 bits per heavy atom. The van der Waals surface area contributed by atoms with Crippen LogP contribution in [0.1, 0.15) is 31.7 Å². The average molecular weight is 330 g/mol. The van der Waals surface area contributed by atoms with Crippen molar-refractivity contribution in [2.75, 3.05) is 23.4 Å². The fourth-order valence-electron chi connectivity index (χ4n) is 3.35. The van der Waals surface area contributed by atoms with Crippen molar-refractivity contribution in [1.82, 2.24) is 0 Å². The van der Waals surface area contributed by atoms with E-state index >= 15 is 0 Å². The molecule has 2 aliphatic heterocycles. The van der Waals surface area contributed by atoms with E-state index < -0.39 is 17.4 Å². The molecule has 0 unspecified atom stereocenters. The highest BCUT2D eigenvalue weighted by molar-refractivity contribution is 6.06. The predicted molar refractivity (Wildman–Crippen MR) is 90.6 cm³/mol. The van der Waals surface area contributed by atoms with Crippen molar-refractivity contribution < 1.29 is 19.8 Å². The Hall–Kier alpha value is -2.18. The third-order valence-electron chi connectivity index (χ3n) is 4.77. The summed E-state index contributed by atoms with van der Waals surface area (Å²) in [6.07, 6.45) is 5.30. The van der Waals surface area contributed by atoms with Crippen molar-refractivity contribution >= 4 is 23.2 Å². The molecule has 2 atom stereocenters. The van der Waals surface area contributed by atoms with Crippen LogP contribution in [0.15, 0.2) is 30.4 Å². The van der Waals surface area contributed by atoms with Crippen LogP contribution in [0.4, 0.5) is 11.4 Å². The Bertz CT molecular complexity index is 700. The van der Waals surface area contributed by atoms with Crippen LogP contribution >= 0.6 is 0 Å². The minimum atomic E-state index is -1.68. The van der Waals surface area contributed by atoms with E-state index in [4.69, 9.17) is 5.11 Å². The smallest absolute Gasteiger partial charge is 0.261 e. The number of nitrogens with zero attached hydrogens (tertiary/aromatic N) is 1. The van der Waals surface area contributed by atoms with Gasteiger partial charge in [-0.2, -0.15) is 0 Å². The standard InChI is InChI=1S/C18H22N2O4/c1-12(5-2-3-10-21)18(24)14-11-13(20-9-4-6-16(20)22)7-8-15(14)19-17(18)23/h2,5,7-8,11-12,21,24H,3-4,6,9-10H2,1H3,(H,19,23)/b5-2+/t12-,18+/m0/s1. The Morgan fingerprint density at radius 1 is 1.42 bits per heavy atom. The molecule has 6 nitrogen and oxygen atoms in total. The van der Waals surface area contributed by atoms with Gasteiger partial charge in [0.1, 0.15) is 0 Å². The summed E-state index contributed by atoms with van der Waals surface area (Å²) in [7, 11) is 0. The van der Waals surface area contributed by atoms with E-state index in [2.05, 4.69) is 5.32 Å². The SMILES string of the molecule is C[C@@H](/C=C/CCO)[C@]1(O)C(=O)Nc2ccc(N3CCCC3=O)cc21. The molecule has 2 aliphatic rings. The first kappa shape index (κ1) is 16.7. The molecule has 2 amide bonds. The second-order valence-electron chi connectivity index (χ2n) is 6.33. The van der Waals surface area contributed by atoms with Gasteiger partial charge < -0.3 is 20.4 Å². The predicted octanol–water partition coefficient (Wildman–Crippen LogP) is 1.53.